The number of pyridine rings is 1. The second kappa shape index (κ2) is 10.4. The Morgan fingerprint density at radius 3 is 2.68 bits per heavy atom. The normalized spacial score (nSPS) is 22.8. The van der Waals surface area contributed by atoms with Crippen molar-refractivity contribution in [3.8, 4) is 5.69 Å². The molecule has 1 saturated carbocycles. The highest BCUT2D eigenvalue weighted by molar-refractivity contribution is 5.99. The van der Waals surface area contributed by atoms with Gasteiger partial charge < -0.3 is 24.2 Å². The Morgan fingerprint density at radius 1 is 1.18 bits per heavy atom. The number of halogens is 1. The number of amides is 1. The summed E-state index contributed by atoms with van der Waals surface area (Å²) in [5.41, 5.74) is 4.26. The lowest BCUT2D eigenvalue weighted by atomic mass is 9.88. The van der Waals surface area contributed by atoms with E-state index in [1.807, 2.05) is 17.0 Å². The lowest BCUT2D eigenvalue weighted by Crippen LogP contribution is -2.49. The molecular formula is C30H37FN4O3. The summed E-state index contributed by atoms with van der Waals surface area (Å²) in [4.78, 5) is 22.2. The van der Waals surface area contributed by atoms with Crippen LogP contribution in [0.1, 0.15) is 47.2 Å². The summed E-state index contributed by atoms with van der Waals surface area (Å²) in [5.74, 6) is 0.662. The monoisotopic (exact) mass is 520 g/mol. The fraction of sp³-hybridized carbons (Fsp3) is 0.533. The van der Waals surface area contributed by atoms with E-state index >= 15 is 0 Å². The standard InChI is InChI=1S/C30H37FN4O3/c1-19-13-32-14-28-29(19)22(9-21-16-34(17-21)15-20-5-7-38-8-6-20)18-35(28)27-4-3-23(31)10-26(27)30(37)33(2)24-11-25(36)12-24/h3-4,10,13-14,18,20-21,24-25,36H,5-9,11-12,15-17H2,1-2H3. The largest absolute Gasteiger partial charge is 0.393 e. The SMILES string of the molecule is Cc1cncc2c1c(CC1CN(CC3CCOCC3)C1)cn2-c1ccc(F)cc1C(=O)N(C)C1CC(O)C1. The third kappa shape index (κ3) is 4.85. The van der Waals surface area contributed by atoms with Gasteiger partial charge in [-0.25, -0.2) is 4.39 Å². The van der Waals surface area contributed by atoms with Crippen molar-refractivity contribution in [2.24, 2.45) is 11.8 Å². The van der Waals surface area contributed by atoms with Gasteiger partial charge in [-0.15, -0.1) is 0 Å². The van der Waals surface area contributed by atoms with Gasteiger partial charge in [0, 0.05) is 63.7 Å². The number of carbonyl (C=O) groups excluding carboxylic acids is 1. The van der Waals surface area contributed by atoms with Crippen molar-refractivity contribution < 1.29 is 19.0 Å². The Morgan fingerprint density at radius 2 is 1.95 bits per heavy atom. The van der Waals surface area contributed by atoms with Crippen LogP contribution in [0.25, 0.3) is 16.6 Å². The lowest BCUT2D eigenvalue weighted by molar-refractivity contribution is 0.0132. The maximum atomic E-state index is 14.4. The lowest BCUT2D eigenvalue weighted by Gasteiger charge is -2.42. The number of fused-ring (bicyclic) bond motifs is 1. The molecule has 202 valence electrons. The topological polar surface area (TPSA) is 70.8 Å². The minimum atomic E-state index is -0.441. The van der Waals surface area contributed by atoms with E-state index in [0.717, 1.165) is 69.1 Å². The summed E-state index contributed by atoms with van der Waals surface area (Å²) in [7, 11) is 1.74. The van der Waals surface area contributed by atoms with Gasteiger partial charge in [-0.05, 0) is 80.2 Å². The molecule has 0 radical (unpaired) electrons. The summed E-state index contributed by atoms with van der Waals surface area (Å²) in [6.07, 6.45) is 9.88. The summed E-state index contributed by atoms with van der Waals surface area (Å²) >= 11 is 0. The number of carbonyl (C=O) groups is 1. The number of rotatable bonds is 7. The zero-order chi connectivity index (χ0) is 26.4. The molecule has 0 spiro atoms. The van der Waals surface area contributed by atoms with Crippen LogP contribution in [0.4, 0.5) is 4.39 Å². The zero-order valence-corrected chi connectivity index (χ0v) is 22.3. The molecule has 4 heterocycles. The van der Waals surface area contributed by atoms with Crippen molar-refractivity contribution >= 4 is 16.8 Å². The summed E-state index contributed by atoms with van der Waals surface area (Å²) in [6, 6.07) is 4.40. The Kier molecular flexibility index (Phi) is 6.97. The molecule has 0 atom stereocenters. The molecular weight excluding hydrogens is 483 g/mol. The molecule has 0 bridgehead atoms. The highest BCUT2D eigenvalue weighted by atomic mass is 19.1. The third-order valence-electron chi connectivity index (χ3n) is 8.78. The van der Waals surface area contributed by atoms with Crippen molar-refractivity contribution in [2.45, 2.75) is 51.2 Å². The molecule has 3 aromatic rings. The minimum Gasteiger partial charge on any atom is -0.393 e. The van der Waals surface area contributed by atoms with E-state index in [9.17, 15) is 14.3 Å². The Hall–Kier alpha value is -2.81. The fourth-order valence-electron chi connectivity index (χ4n) is 6.48. The number of ether oxygens (including phenoxy) is 1. The van der Waals surface area contributed by atoms with Crippen LogP contribution < -0.4 is 0 Å². The molecule has 3 aliphatic rings. The van der Waals surface area contributed by atoms with Gasteiger partial charge in [-0.1, -0.05) is 0 Å². The molecule has 1 N–H and O–H groups in total. The molecule has 6 rings (SSSR count). The Labute approximate surface area is 223 Å². The van der Waals surface area contributed by atoms with Crippen molar-refractivity contribution in [2.75, 3.05) is 39.9 Å². The van der Waals surface area contributed by atoms with Crippen molar-refractivity contribution in [1.29, 1.82) is 0 Å². The number of benzene rings is 1. The molecule has 38 heavy (non-hydrogen) atoms. The van der Waals surface area contributed by atoms with Crippen molar-refractivity contribution in [3.05, 3.63) is 59.3 Å². The number of aryl methyl sites for hydroxylation is 1. The second-order valence-corrected chi connectivity index (χ2v) is 11.6. The fourth-order valence-corrected chi connectivity index (χ4v) is 6.48. The molecule has 2 saturated heterocycles. The highest BCUT2D eigenvalue weighted by Gasteiger charge is 2.34. The van der Waals surface area contributed by atoms with Gasteiger partial charge in [0.2, 0.25) is 0 Å². The minimum absolute atomic E-state index is 0.0304. The quantitative estimate of drug-likeness (QED) is 0.511. The average molecular weight is 521 g/mol. The molecule has 7 nitrogen and oxygen atoms in total. The van der Waals surface area contributed by atoms with Crippen LogP contribution in [-0.2, 0) is 11.2 Å². The first kappa shape index (κ1) is 25.5. The van der Waals surface area contributed by atoms with E-state index in [1.165, 1.54) is 23.1 Å². The Balaban J connectivity index is 1.27. The number of hydrogen-bond donors (Lipinski definition) is 1. The van der Waals surface area contributed by atoms with Crippen LogP contribution in [-0.4, -0.2) is 82.4 Å². The Bertz CT molecular complexity index is 1320. The molecule has 0 unspecified atom stereocenters. The van der Waals surface area contributed by atoms with Gasteiger partial charge in [0.15, 0.2) is 0 Å². The van der Waals surface area contributed by atoms with Gasteiger partial charge >= 0.3 is 0 Å². The van der Waals surface area contributed by atoms with Crippen LogP contribution in [0.3, 0.4) is 0 Å². The number of nitrogens with zero attached hydrogens (tertiary/aromatic N) is 4. The maximum absolute atomic E-state index is 14.4. The van der Waals surface area contributed by atoms with Gasteiger partial charge in [-0.3, -0.25) is 9.78 Å². The molecule has 1 aliphatic carbocycles. The predicted molar refractivity (Wildman–Crippen MR) is 144 cm³/mol. The molecule has 8 heteroatoms. The summed E-state index contributed by atoms with van der Waals surface area (Å²) < 4.78 is 21.9. The summed E-state index contributed by atoms with van der Waals surface area (Å²) in [5, 5.41) is 10.9. The third-order valence-corrected chi connectivity index (χ3v) is 8.78. The molecule has 2 aromatic heterocycles. The number of aliphatic hydroxyl groups excluding tert-OH is 1. The van der Waals surface area contributed by atoms with E-state index in [4.69, 9.17) is 4.74 Å². The first-order chi connectivity index (χ1) is 18.4. The molecule has 2 aliphatic heterocycles. The first-order valence-electron chi connectivity index (χ1n) is 13.9. The van der Waals surface area contributed by atoms with Crippen molar-refractivity contribution in [3.63, 3.8) is 0 Å². The summed E-state index contributed by atoms with van der Waals surface area (Å²) in [6.45, 7) is 7.23. The van der Waals surface area contributed by atoms with Crippen molar-refractivity contribution in [1.82, 2.24) is 19.4 Å². The van der Waals surface area contributed by atoms with Crippen LogP contribution in [0, 0.1) is 24.6 Å². The van der Waals surface area contributed by atoms with Crippen LogP contribution in [0.2, 0.25) is 0 Å². The smallest absolute Gasteiger partial charge is 0.256 e. The van der Waals surface area contributed by atoms with Crippen LogP contribution in [0.5, 0.6) is 0 Å². The van der Waals surface area contributed by atoms with Gasteiger partial charge in [-0.2, -0.15) is 0 Å². The number of likely N-dealkylation sites (tertiary alicyclic amines) is 1. The van der Waals surface area contributed by atoms with E-state index < -0.39 is 5.82 Å². The van der Waals surface area contributed by atoms with Gasteiger partial charge in [0.1, 0.15) is 5.82 Å². The van der Waals surface area contributed by atoms with Gasteiger partial charge in [0.05, 0.1) is 29.1 Å². The van der Waals surface area contributed by atoms with Crippen LogP contribution in [0.15, 0.2) is 36.8 Å². The molecule has 3 fully saturated rings. The number of aromatic nitrogens is 2. The van der Waals surface area contributed by atoms with Gasteiger partial charge in [0.25, 0.3) is 5.91 Å². The average Bonchev–Trinajstić information content (AvgIpc) is 3.24. The number of aliphatic hydroxyl groups is 1. The zero-order valence-electron chi connectivity index (χ0n) is 22.3. The first-order valence-corrected chi connectivity index (χ1v) is 13.9. The van der Waals surface area contributed by atoms with E-state index in [2.05, 4.69) is 23.0 Å². The molecule has 1 amide bonds. The second-order valence-electron chi connectivity index (χ2n) is 11.6. The number of hydrogen-bond acceptors (Lipinski definition) is 5. The van der Waals surface area contributed by atoms with E-state index in [1.54, 1.807) is 18.0 Å². The van der Waals surface area contributed by atoms with Crippen LogP contribution >= 0.6 is 0 Å². The van der Waals surface area contributed by atoms with E-state index in [-0.39, 0.29) is 18.1 Å². The van der Waals surface area contributed by atoms with E-state index in [0.29, 0.717) is 30.0 Å². The highest BCUT2D eigenvalue weighted by Crippen LogP contribution is 2.34. The maximum Gasteiger partial charge on any atom is 0.256 e. The molecule has 1 aromatic carbocycles. The predicted octanol–water partition coefficient (Wildman–Crippen LogP) is 3.97.